The summed E-state index contributed by atoms with van der Waals surface area (Å²) in [4.78, 5) is 2.53. The normalized spacial score (nSPS) is 21.2. The molecular formula is C21H32N4O. The summed E-state index contributed by atoms with van der Waals surface area (Å²) < 4.78 is 5.79. The molecule has 0 radical (unpaired) electrons. The lowest BCUT2D eigenvalue weighted by atomic mass is 10.1. The van der Waals surface area contributed by atoms with Crippen molar-refractivity contribution in [1.82, 2.24) is 20.4 Å². The molecule has 1 aromatic heterocycles. The molecule has 26 heavy (non-hydrogen) atoms. The molecule has 2 aromatic rings. The van der Waals surface area contributed by atoms with E-state index in [4.69, 9.17) is 4.74 Å². The molecule has 1 aliphatic rings. The predicted octanol–water partition coefficient (Wildman–Crippen LogP) is 3.36. The van der Waals surface area contributed by atoms with Crippen molar-refractivity contribution in [3.63, 3.8) is 0 Å². The summed E-state index contributed by atoms with van der Waals surface area (Å²) in [6.45, 7) is 11.6. The summed E-state index contributed by atoms with van der Waals surface area (Å²) in [5, 5.41) is 10.9. The SMILES string of the molecule is Cc1ccc(-c2[nH]ncc2CNCCCCN2CC(C)OC(C)C2)cc1. The van der Waals surface area contributed by atoms with Crippen molar-refractivity contribution in [2.75, 3.05) is 26.2 Å². The molecule has 5 nitrogen and oxygen atoms in total. The molecule has 1 aliphatic heterocycles. The number of aromatic nitrogens is 2. The Morgan fingerprint density at radius 1 is 1.15 bits per heavy atom. The first kappa shape index (κ1) is 19.1. The zero-order chi connectivity index (χ0) is 18.4. The molecule has 2 heterocycles. The maximum Gasteiger partial charge on any atom is 0.0695 e. The van der Waals surface area contributed by atoms with Crippen molar-refractivity contribution in [3.8, 4) is 11.3 Å². The average Bonchev–Trinajstić information content (AvgIpc) is 3.06. The van der Waals surface area contributed by atoms with Gasteiger partial charge < -0.3 is 10.1 Å². The van der Waals surface area contributed by atoms with E-state index in [1.54, 1.807) is 0 Å². The molecule has 2 N–H and O–H groups in total. The Morgan fingerprint density at radius 3 is 2.62 bits per heavy atom. The minimum absolute atomic E-state index is 0.359. The number of aryl methyl sites for hydroxylation is 1. The highest BCUT2D eigenvalue weighted by Crippen LogP contribution is 2.21. The molecule has 0 aliphatic carbocycles. The fourth-order valence-electron chi connectivity index (χ4n) is 3.69. The van der Waals surface area contributed by atoms with Crippen molar-refractivity contribution >= 4 is 0 Å². The van der Waals surface area contributed by atoms with Crippen LogP contribution in [0, 0.1) is 6.92 Å². The Balaban J connectivity index is 1.37. The summed E-state index contributed by atoms with van der Waals surface area (Å²) >= 11 is 0. The fourth-order valence-corrected chi connectivity index (χ4v) is 3.69. The molecule has 1 fully saturated rings. The Bertz CT molecular complexity index is 657. The number of hydrogen-bond acceptors (Lipinski definition) is 4. The molecule has 0 amide bonds. The van der Waals surface area contributed by atoms with Crippen LogP contribution in [-0.4, -0.2) is 53.5 Å². The first-order valence-electron chi connectivity index (χ1n) is 9.79. The maximum absolute atomic E-state index is 5.79. The molecule has 2 atom stereocenters. The first-order valence-corrected chi connectivity index (χ1v) is 9.79. The summed E-state index contributed by atoms with van der Waals surface area (Å²) in [5.74, 6) is 0. The van der Waals surface area contributed by atoms with Gasteiger partial charge in [0.15, 0.2) is 0 Å². The number of aromatic amines is 1. The monoisotopic (exact) mass is 356 g/mol. The lowest BCUT2D eigenvalue weighted by molar-refractivity contribution is -0.0681. The number of nitrogens with zero attached hydrogens (tertiary/aromatic N) is 2. The number of rotatable bonds is 8. The highest BCUT2D eigenvalue weighted by Gasteiger charge is 2.21. The van der Waals surface area contributed by atoms with Gasteiger partial charge in [0.05, 0.1) is 24.1 Å². The summed E-state index contributed by atoms with van der Waals surface area (Å²) in [6.07, 6.45) is 5.07. The van der Waals surface area contributed by atoms with Crippen LogP contribution in [0.25, 0.3) is 11.3 Å². The van der Waals surface area contributed by atoms with E-state index < -0.39 is 0 Å². The third kappa shape index (κ3) is 5.40. The summed E-state index contributed by atoms with van der Waals surface area (Å²) in [6, 6.07) is 8.58. The van der Waals surface area contributed by atoms with Crippen molar-refractivity contribution < 1.29 is 4.74 Å². The van der Waals surface area contributed by atoms with Gasteiger partial charge in [-0.25, -0.2) is 0 Å². The van der Waals surface area contributed by atoms with Crippen molar-refractivity contribution in [3.05, 3.63) is 41.6 Å². The average molecular weight is 357 g/mol. The maximum atomic E-state index is 5.79. The lowest BCUT2D eigenvalue weighted by Crippen LogP contribution is -2.45. The van der Waals surface area contributed by atoms with Crippen LogP contribution in [0.3, 0.4) is 0 Å². The van der Waals surface area contributed by atoms with E-state index in [9.17, 15) is 0 Å². The van der Waals surface area contributed by atoms with E-state index in [1.165, 1.54) is 36.1 Å². The third-order valence-corrected chi connectivity index (χ3v) is 4.95. The van der Waals surface area contributed by atoms with Crippen LogP contribution in [0.15, 0.2) is 30.5 Å². The Hall–Kier alpha value is -1.69. The molecular weight excluding hydrogens is 324 g/mol. The topological polar surface area (TPSA) is 53.2 Å². The molecule has 2 unspecified atom stereocenters. The van der Waals surface area contributed by atoms with Crippen molar-refractivity contribution in [2.24, 2.45) is 0 Å². The third-order valence-electron chi connectivity index (χ3n) is 4.95. The van der Waals surface area contributed by atoms with Gasteiger partial charge in [0.1, 0.15) is 0 Å². The fraction of sp³-hybridized carbons (Fsp3) is 0.571. The van der Waals surface area contributed by atoms with E-state index in [-0.39, 0.29) is 0 Å². The van der Waals surface area contributed by atoms with Gasteiger partial charge in [0.2, 0.25) is 0 Å². The van der Waals surface area contributed by atoms with Crippen molar-refractivity contribution in [2.45, 2.75) is 52.4 Å². The quantitative estimate of drug-likeness (QED) is 0.712. The number of morpholine rings is 1. The van der Waals surface area contributed by atoms with Crippen LogP contribution in [-0.2, 0) is 11.3 Å². The minimum atomic E-state index is 0.359. The second kappa shape index (κ2) is 9.31. The van der Waals surface area contributed by atoms with E-state index >= 15 is 0 Å². The predicted molar refractivity (Wildman–Crippen MR) is 106 cm³/mol. The molecule has 1 saturated heterocycles. The number of benzene rings is 1. The summed E-state index contributed by atoms with van der Waals surface area (Å²) in [7, 11) is 0. The van der Waals surface area contributed by atoms with Crippen LogP contribution in [0.4, 0.5) is 0 Å². The zero-order valence-corrected chi connectivity index (χ0v) is 16.3. The van der Waals surface area contributed by atoms with Gasteiger partial charge in [0, 0.05) is 25.2 Å². The van der Waals surface area contributed by atoms with Crippen LogP contribution in [0.2, 0.25) is 0 Å². The Morgan fingerprint density at radius 2 is 1.88 bits per heavy atom. The number of nitrogens with one attached hydrogen (secondary N) is 2. The van der Waals surface area contributed by atoms with Gasteiger partial charge in [-0.05, 0) is 52.3 Å². The number of ether oxygens (including phenoxy) is 1. The highest BCUT2D eigenvalue weighted by atomic mass is 16.5. The van der Waals surface area contributed by atoms with E-state index in [2.05, 4.69) is 65.5 Å². The van der Waals surface area contributed by atoms with E-state index in [0.717, 1.165) is 31.9 Å². The van der Waals surface area contributed by atoms with E-state index in [1.807, 2.05) is 6.20 Å². The van der Waals surface area contributed by atoms with Gasteiger partial charge in [-0.2, -0.15) is 5.10 Å². The summed E-state index contributed by atoms with van der Waals surface area (Å²) in [5.41, 5.74) is 4.82. The van der Waals surface area contributed by atoms with Crippen LogP contribution < -0.4 is 5.32 Å². The van der Waals surface area contributed by atoms with Crippen LogP contribution in [0.5, 0.6) is 0 Å². The van der Waals surface area contributed by atoms with E-state index in [0.29, 0.717) is 12.2 Å². The second-order valence-corrected chi connectivity index (χ2v) is 7.54. The lowest BCUT2D eigenvalue weighted by Gasteiger charge is -2.35. The largest absolute Gasteiger partial charge is 0.373 e. The molecule has 142 valence electrons. The second-order valence-electron chi connectivity index (χ2n) is 7.54. The molecule has 5 heteroatoms. The minimum Gasteiger partial charge on any atom is -0.373 e. The van der Waals surface area contributed by atoms with Crippen LogP contribution in [0.1, 0.15) is 37.8 Å². The smallest absolute Gasteiger partial charge is 0.0695 e. The Kier molecular flexibility index (Phi) is 6.83. The van der Waals surface area contributed by atoms with Gasteiger partial charge in [-0.1, -0.05) is 29.8 Å². The first-order chi connectivity index (χ1) is 12.6. The zero-order valence-electron chi connectivity index (χ0n) is 16.3. The molecule has 0 saturated carbocycles. The highest BCUT2D eigenvalue weighted by molar-refractivity contribution is 5.62. The molecule has 0 spiro atoms. The Labute approximate surface area is 157 Å². The van der Waals surface area contributed by atoms with Gasteiger partial charge in [0.25, 0.3) is 0 Å². The molecule has 0 bridgehead atoms. The number of unbranched alkanes of at least 4 members (excludes halogenated alkanes) is 1. The van der Waals surface area contributed by atoms with Gasteiger partial charge in [-0.15, -0.1) is 0 Å². The number of hydrogen-bond donors (Lipinski definition) is 2. The molecule has 3 rings (SSSR count). The number of H-pyrrole nitrogens is 1. The standard InChI is InChI=1S/C21H32N4O/c1-16-6-8-19(9-7-16)21-20(13-23-24-21)12-22-10-4-5-11-25-14-17(2)26-18(3)15-25/h6-9,13,17-18,22H,4-5,10-12,14-15H2,1-3H3,(H,23,24). The van der Waals surface area contributed by atoms with Crippen molar-refractivity contribution in [1.29, 1.82) is 0 Å². The van der Waals surface area contributed by atoms with Crippen LogP contribution >= 0.6 is 0 Å². The van der Waals surface area contributed by atoms with Gasteiger partial charge in [-0.3, -0.25) is 10.00 Å². The van der Waals surface area contributed by atoms with Gasteiger partial charge >= 0.3 is 0 Å². The molecule has 1 aromatic carbocycles.